The fraction of sp³-hybridized carbons (Fsp3) is 0.273. The maximum absolute atomic E-state index is 10.5. The van der Waals surface area contributed by atoms with Crippen molar-refractivity contribution in [2.45, 2.75) is 12.3 Å². The summed E-state index contributed by atoms with van der Waals surface area (Å²) in [6, 6.07) is 6.79. The summed E-state index contributed by atoms with van der Waals surface area (Å²) in [5.74, 6) is 0.382. The molecule has 78 valence electrons. The topological polar surface area (TPSA) is 55.2 Å². The minimum atomic E-state index is -0.373. The van der Waals surface area contributed by atoms with Gasteiger partial charge in [-0.15, -0.1) is 0 Å². The third kappa shape index (κ3) is 2.15. The average Bonchev–Trinajstić information content (AvgIpc) is 2.30. The average molecular weight is 204 g/mol. The van der Waals surface area contributed by atoms with Gasteiger partial charge in [-0.1, -0.05) is 18.2 Å². The maximum atomic E-state index is 10.5. The number of non-ortho nitro benzene ring substituents is 1. The fourth-order valence-corrected chi connectivity index (χ4v) is 1.72. The van der Waals surface area contributed by atoms with Crippen molar-refractivity contribution in [3.05, 3.63) is 52.2 Å². The molecule has 0 bridgehead atoms. The number of hydrogen-bond donors (Lipinski definition) is 1. The molecule has 0 aliphatic carbocycles. The van der Waals surface area contributed by atoms with Gasteiger partial charge in [0.15, 0.2) is 0 Å². The highest BCUT2D eigenvalue weighted by molar-refractivity contribution is 5.36. The molecule has 0 radical (unpaired) electrons. The number of nitrogens with zero attached hydrogens (tertiary/aromatic N) is 1. The molecule has 4 heteroatoms. The highest BCUT2D eigenvalue weighted by Gasteiger charge is 2.12. The van der Waals surface area contributed by atoms with E-state index in [0.29, 0.717) is 5.92 Å². The van der Waals surface area contributed by atoms with Gasteiger partial charge in [-0.25, -0.2) is 0 Å². The second-order valence-corrected chi connectivity index (χ2v) is 3.56. The molecule has 0 amide bonds. The van der Waals surface area contributed by atoms with Crippen molar-refractivity contribution < 1.29 is 4.92 Å². The Bertz CT molecular complexity index is 384. The summed E-state index contributed by atoms with van der Waals surface area (Å²) >= 11 is 0. The van der Waals surface area contributed by atoms with E-state index in [0.717, 1.165) is 18.5 Å². The van der Waals surface area contributed by atoms with E-state index >= 15 is 0 Å². The van der Waals surface area contributed by atoms with Crippen LogP contribution in [0.3, 0.4) is 0 Å². The van der Waals surface area contributed by atoms with E-state index < -0.39 is 0 Å². The van der Waals surface area contributed by atoms with Crippen LogP contribution >= 0.6 is 0 Å². The Morgan fingerprint density at radius 3 is 2.60 bits per heavy atom. The molecule has 0 aromatic heterocycles. The number of benzene rings is 1. The molecule has 4 nitrogen and oxygen atoms in total. The lowest BCUT2D eigenvalue weighted by molar-refractivity contribution is -0.384. The van der Waals surface area contributed by atoms with Crippen LogP contribution in [0, 0.1) is 10.1 Å². The summed E-state index contributed by atoms with van der Waals surface area (Å²) in [4.78, 5) is 10.1. The number of rotatable bonds is 2. The molecule has 0 spiro atoms. The molecule has 1 aliphatic heterocycles. The first-order chi connectivity index (χ1) is 7.27. The van der Waals surface area contributed by atoms with Crippen LogP contribution in [0.25, 0.3) is 0 Å². The monoisotopic (exact) mass is 204 g/mol. The molecule has 1 unspecified atom stereocenters. The van der Waals surface area contributed by atoms with Gasteiger partial charge in [0.2, 0.25) is 0 Å². The van der Waals surface area contributed by atoms with Crippen LogP contribution in [0.4, 0.5) is 5.69 Å². The third-order valence-electron chi connectivity index (χ3n) is 2.58. The first-order valence-corrected chi connectivity index (χ1v) is 4.92. The third-order valence-corrected chi connectivity index (χ3v) is 2.58. The zero-order valence-electron chi connectivity index (χ0n) is 8.22. The van der Waals surface area contributed by atoms with Crippen molar-refractivity contribution in [3.63, 3.8) is 0 Å². The molecule has 0 saturated heterocycles. The summed E-state index contributed by atoms with van der Waals surface area (Å²) in [7, 11) is 0. The van der Waals surface area contributed by atoms with Crippen LogP contribution in [0.5, 0.6) is 0 Å². The number of nitro benzene ring substituents is 1. The molecule has 1 atom stereocenters. The standard InChI is InChI=1S/C11H12N2O2/c14-13(15)11-3-1-9(2-4-11)10-5-7-12-8-6-10/h1-5,7,10,12H,6,8H2. The van der Waals surface area contributed by atoms with Crippen molar-refractivity contribution in [1.29, 1.82) is 0 Å². The Morgan fingerprint density at radius 2 is 2.07 bits per heavy atom. The van der Waals surface area contributed by atoms with Gasteiger partial charge in [0.1, 0.15) is 0 Å². The van der Waals surface area contributed by atoms with Crippen LogP contribution in [0.2, 0.25) is 0 Å². The Kier molecular flexibility index (Phi) is 2.67. The fourth-order valence-electron chi connectivity index (χ4n) is 1.72. The summed E-state index contributed by atoms with van der Waals surface area (Å²) in [6.07, 6.45) is 5.06. The first kappa shape index (κ1) is 9.71. The smallest absolute Gasteiger partial charge is 0.269 e. The first-order valence-electron chi connectivity index (χ1n) is 4.92. The van der Waals surface area contributed by atoms with Gasteiger partial charge in [-0.3, -0.25) is 10.1 Å². The predicted octanol–water partition coefficient (Wildman–Crippen LogP) is 2.19. The summed E-state index contributed by atoms with van der Waals surface area (Å²) in [5, 5.41) is 13.6. The molecular formula is C11H12N2O2. The minimum absolute atomic E-state index is 0.150. The molecule has 1 N–H and O–H groups in total. The van der Waals surface area contributed by atoms with Gasteiger partial charge in [-0.05, 0) is 18.2 Å². The van der Waals surface area contributed by atoms with E-state index in [-0.39, 0.29) is 10.6 Å². The van der Waals surface area contributed by atoms with E-state index in [1.807, 2.05) is 18.3 Å². The van der Waals surface area contributed by atoms with Crippen molar-refractivity contribution in [3.8, 4) is 0 Å². The second-order valence-electron chi connectivity index (χ2n) is 3.56. The zero-order valence-corrected chi connectivity index (χ0v) is 8.22. The normalized spacial score (nSPS) is 19.6. The van der Waals surface area contributed by atoms with Crippen molar-refractivity contribution in [2.75, 3.05) is 6.54 Å². The van der Waals surface area contributed by atoms with Crippen LogP contribution < -0.4 is 5.32 Å². The van der Waals surface area contributed by atoms with E-state index in [2.05, 4.69) is 11.4 Å². The molecule has 1 aromatic carbocycles. The van der Waals surface area contributed by atoms with Crippen molar-refractivity contribution in [1.82, 2.24) is 5.32 Å². The Balaban J connectivity index is 2.19. The summed E-state index contributed by atoms with van der Waals surface area (Å²) in [5.41, 5.74) is 1.29. The van der Waals surface area contributed by atoms with Gasteiger partial charge >= 0.3 is 0 Å². The van der Waals surface area contributed by atoms with E-state index in [1.54, 1.807) is 12.1 Å². The second kappa shape index (κ2) is 4.13. The molecule has 1 aliphatic rings. The molecule has 1 aromatic rings. The van der Waals surface area contributed by atoms with Gasteiger partial charge < -0.3 is 5.32 Å². The SMILES string of the molecule is O=[N+]([O-])c1ccc(C2C=CNCC2)cc1. The van der Waals surface area contributed by atoms with Gasteiger partial charge in [0, 0.05) is 24.6 Å². The Labute approximate surface area is 87.8 Å². The number of allylic oxidation sites excluding steroid dienone is 1. The van der Waals surface area contributed by atoms with Crippen LogP contribution in [-0.2, 0) is 0 Å². The van der Waals surface area contributed by atoms with Crippen molar-refractivity contribution in [2.24, 2.45) is 0 Å². The minimum Gasteiger partial charge on any atom is -0.391 e. The number of nitro groups is 1. The van der Waals surface area contributed by atoms with Gasteiger partial charge in [0.25, 0.3) is 5.69 Å². The van der Waals surface area contributed by atoms with Gasteiger partial charge in [0.05, 0.1) is 4.92 Å². The van der Waals surface area contributed by atoms with Gasteiger partial charge in [-0.2, -0.15) is 0 Å². The van der Waals surface area contributed by atoms with Crippen molar-refractivity contribution >= 4 is 5.69 Å². The van der Waals surface area contributed by atoms with E-state index in [4.69, 9.17) is 0 Å². The molecule has 15 heavy (non-hydrogen) atoms. The zero-order chi connectivity index (χ0) is 10.7. The lowest BCUT2D eigenvalue weighted by atomic mass is 9.94. The highest BCUT2D eigenvalue weighted by Crippen LogP contribution is 2.24. The quantitative estimate of drug-likeness (QED) is 0.593. The van der Waals surface area contributed by atoms with Crippen LogP contribution in [-0.4, -0.2) is 11.5 Å². The van der Waals surface area contributed by atoms with Crippen LogP contribution in [0.1, 0.15) is 17.9 Å². The Hall–Kier alpha value is -1.84. The molecule has 1 heterocycles. The number of nitrogens with one attached hydrogen (secondary N) is 1. The maximum Gasteiger partial charge on any atom is 0.269 e. The van der Waals surface area contributed by atoms with E-state index in [9.17, 15) is 10.1 Å². The Morgan fingerprint density at radius 1 is 1.33 bits per heavy atom. The number of hydrogen-bond acceptors (Lipinski definition) is 3. The molecular weight excluding hydrogens is 192 g/mol. The summed E-state index contributed by atoms with van der Waals surface area (Å²) in [6.45, 7) is 0.957. The molecule has 2 rings (SSSR count). The van der Waals surface area contributed by atoms with Crippen LogP contribution in [0.15, 0.2) is 36.5 Å². The summed E-state index contributed by atoms with van der Waals surface area (Å²) < 4.78 is 0. The molecule has 0 fully saturated rings. The largest absolute Gasteiger partial charge is 0.391 e. The lowest BCUT2D eigenvalue weighted by Crippen LogP contribution is -2.15. The lowest BCUT2D eigenvalue weighted by Gasteiger charge is -2.17. The predicted molar refractivity (Wildman–Crippen MR) is 57.6 cm³/mol. The van der Waals surface area contributed by atoms with E-state index in [1.165, 1.54) is 0 Å². The molecule has 0 saturated carbocycles. The highest BCUT2D eigenvalue weighted by atomic mass is 16.6.